The first-order chi connectivity index (χ1) is 12.0. The maximum Gasteiger partial charge on any atom is 0.407 e. The molecule has 1 aromatic rings. The van der Waals surface area contributed by atoms with E-state index < -0.39 is 12.1 Å². The molecule has 0 fully saturated rings. The smallest absolute Gasteiger partial charge is 0.407 e. The summed E-state index contributed by atoms with van der Waals surface area (Å²) in [5, 5.41) is 5.55. The average molecular weight is 349 g/mol. The Kier molecular flexibility index (Phi) is 10.3. The van der Waals surface area contributed by atoms with Crippen molar-refractivity contribution in [2.75, 3.05) is 13.1 Å². The molecule has 0 unspecified atom stereocenters. The number of nitrogens with one attached hydrogen (secondary N) is 2. The third-order valence-electron chi connectivity index (χ3n) is 3.78. The number of carbonyl (C=O) groups is 2. The van der Waals surface area contributed by atoms with Gasteiger partial charge in [0.15, 0.2) is 0 Å². The molecular formula is C19H31N3O3. The van der Waals surface area contributed by atoms with Crippen molar-refractivity contribution >= 4 is 12.0 Å². The SMILES string of the molecule is CC(C)CCNC(=O)[C@@H](N)CCCCNC(=O)OCc1ccccc1. The number of carbonyl (C=O) groups excluding carboxylic acids is 2. The van der Waals surface area contributed by atoms with E-state index in [9.17, 15) is 9.59 Å². The lowest BCUT2D eigenvalue weighted by molar-refractivity contribution is -0.122. The van der Waals surface area contributed by atoms with Gasteiger partial charge in [0, 0.05) is 13.1 Å². The van der Waals surface area contributed by atoms with E-state index in [-0.39, 0.29) is 12.5 Å². The van der Waals surface area contributed by atoms with Gasteiger partial charge < -0.3 is 21.1 Å². The number of hydrogen-bond donors (Lipinski definition) is 3. The number of amides is 2. The molecule has 0 aliphatic carbocycles. The maximum atomic E-state index is 11.8. The van der Waals surface area contributed by atoms with Crippen LogP contribution in [0.2, 0.25) is 0 Å². The average Bonchev–Trinajstić information content (AvgIpc) is 2.60. The Labute approximate surface area is 150 Å². The zero-order valence-electron chi connectivity index (χ0n) is 15.3. The van der Waals surface area contributed by atoms with Gasteiger partial charge in [0.25, 0.3) is 0 Å². The van der Waals surface area contributed by atoms with Gasteiger partial charge >= 0.3 is 6.09 Å². The second-order valence-corrected chi connectivity index (χ2v) is 6.56. The normalized spacial score (nSPS) is 11.8. The first kappa shape index (κ1) is 21.0. The third kappa shape index (κ3) is 10.4. The van der Waals surface area contributed by atoms with E-state index in [1.807, 2.05) is 30.3 Å². The molecule has 0 radical (unpaired) electrons. The fraction of sp³-hybridized carbons (Fsp3) is 0.579. The molecule has 0 aliphatic heterocycles. The van der Waals surface area contributed by atoms with Crippen LogP contribution in [-0.4, -0.2) is 31.1 Å². The summed E-state index contributed by atoms with van der Waals surface area (Å²) in [7, 11) is 0. The van der Waals surface area contributed by atoms with Crippen LogP contribution in [0.3, 0.4) is 0 Å². The van der Waals surface area contributed by atoms with Gasteiger partial charge in [-0.25, -0.2) is 4.79 Å². The summed E-state index contributed by atoms with van der Waals surface area (Å²) in [4.78, 5) is 23.4. The van der Waals surface area contributed by atoms with Crippen LogP contribution in [-0.2, 0) is 16.1 Å². The highest BCUT2D eigenvalue weighted by molar-refractivity contribution is 5.81. The zero-order valence-corrected chi connectivity index (χ0v) is 15.3. The molecule has 0 spiro atoms. The van der Waals surface area contributed by atoms with E-state index in [4.69, 9.17) is 10.5 Å². The van der Waals surface area contributed by atoms with E-state index in [1.54, 1.807) is 0 Å². The molecule has 1 aromatic carbocycles. The predicted molar refractivity (Wildman–Crippen MR) is 98.9 cm³/mol. The van der Waals surface area contributed by atoms with Crippen LogP contribution in [0.15, 0.2) is 30.3 Å². The van der Waals surface area contributed by atoms with Crippen LogP contribution in [0.25, 0.3) is 0 Å². The third-order valence-corrected chi connectivity index (χ3v) is 3.78. The lowest BCUT2D eigenvalue weighted by Gasteiger charge is -2.13. The molecule has 140 valence electrons. The Hall–Kier alpha value is -2.08. The molecule has 6 heteroatoms. The Balaban J connectivity index is 2.03. The molecule has 25 heavy (non-hydrogen) atoms. The molecule has 0 aliphatic rings. The van der Waals surface area contributed by atoms with Crippen molar-refractivity contribution in [1.82, 2.24) is 10.6 Å². The Morgan fingerprint density at radius 1 is 1.04 bits per heavy atom. The van der Waals surface area contributed by atoms with Crippen molar-refractivity contribution in [1.29, 1.82) is 0 Å². The van der Waals surface area contributed by atoms with Gasteiger partial charge in [0.05, 0.1) is 6.04 Å². The standard InChI is InChI=1S/C19H31N3O3/c1-15(2)11-13-21-18(23)17(20)10-6-7-12-22-19(24)25-14-16-8-4-3-5-9-16/h3-5,8-9,15,17H,6-7,10-14,20H2,1-2H3,(H,21,23)(H,22,24)/t17-/m0/s1. The van der Waals surface area contributed by atoms with Crippen molar-refractivity contribution in [3.63, 3.8) is 0 Å². The van der Waals surface area contributed by atoms with Crippen LogP contribution in [0.5, 0.6) is 0 Å². The highest BCUT2D eigenvalue weighted by Gasteiger charge is 2.12. The second-order valence-electron chi connectivity index (χ2n) is 6.56. The minimum atomic E-state index is -0.489. The van der Waals surface area contributed by atoms with Crippen molar-refractivity contribution in [3.05, 3.63) is 35.9 Å². The lowest BCUT2D eigenvalue weighted by atomic mass is 10.1. The number of benzene rings is 1. The molecule has 2 amide bonds. The Bertz CT molecular complexity index is 506. The Morgan fingerprint density at radius 2 is 1.76 bits per heavy atom. The fourth-order valence-corrected chi connectivity index (χ4v) is 2.20. The van der Waals surface area contributed by atoms with Gasteiger partial charge in [-0.1, -0.05) is 44.2 Å². The number of rotatable bonds is 11. The van der Waals surface area contributed by atoms with Crippen LogP contribution in [0, 0.1) is 5.92 Å². The van der Waals surface area contributed by atoms with Crippen LogP contribution >= 0.6 is 0 Å². The quantitative estimate of drug-likeness (QED) is 0.535. The van der Waals surface area contributed by atoms with Gasteiger partial charge in [-0.2, -0.15) is 0 Å². The number of ether oxygens (including phenoxy) is 1. The highest BCUT2D eigenvalue weighted by Crippen LogP contribution is 2.02. The summed E-state index contributed by atoms with van der Waals surface area (Å²) in [6.45, 7) is 5.66. The molecule has 0 saturated carbocycles. The van der Waals surface area contributed by atoms with Gasteiger partial charge in [-0.05, 0) is 37.2 Å². The molecule has 0 saturated heterocycles. The minimum absolute atomic E-state index is 0.101. The highest BCUT2D eigenvalue weighted by atomic mass is 16.5. The van der Waals surface area contributed by atoms with Gasteiger partial charge in [-0.3, -0.25) is 4.79 Å². The number of alkyl carbamates (subject to hydrolysis) is 1. The molecule has 0 aromatic heterocycles. The summed E-state index contributed by atoms with van der Waals surface area (Å²) < 4.78 is 5.12. The summed E-state index contributed by atoms with van der Waals surface area (Å²) >= 11 is 0. The van der Waals surface area contributed by atoms with Crippen LogP contribution < -0.4 is 16.4 Å². The molecular weight excluding hydrogens is 318 g/mol. The number of nitrogens with two attached hydrogens (primary N) is 1. The summed E-state index contributed by atoms with van der Waals surface area (Å²) in [5.41, 5.74) is 6.82. The van der Waals surface area contributed by atoms with Crippen molar-refractivity contribution < 1.29 is 14.3 Å². The molecule has 1 atom stereocenters. The van der Waals surface area contributed by atoms with Crippen molar-refractivity contribution in [3.8, 4) is 0 Å². The van der Waals surface area contributed by atoms with E-state index in [2.05, 4.69) is 24.5 Å². The second kappa shape index (κ2) is 12.3. The number of unbranched alkanes of at least 4 members (excludes halogenated alkanes) is 1. The van der Waals surface area contributed by atoms with E-state index in [0.29, 0.717) is 25.4 Å². The first-order valence-corrected chi connectivity index (χ1v) is 8.97. The van der Waals surface area contributed by atoms with E-state index in [1.165, 1.54) is 0 Å². The van der Waals surface area contributed by atoms with Crippen molar-refractivity contribution in [2.45, 2.75) is 52.2 Å². The van der Waals surface area contributed by atoms with Gasteiger partial charge in [0.2, 0.25) is 5.91 Å². The fourth-order valence-electron chi connectivity index (χ4n) is 2.20. The predicted octanol–water partition coefficient (Wildman–Crippen LogP) is 2.57. The van der Waals surface area contributed by atoms with E-state index >= 15 is 0 Å². The molecule has 6 nitrogen and oxygen atoms in total. The van der Waals surface area contributed by atoms with E-state index in [0.717, 1.165) is 24.8 Å². The molecule has 4 N–H and O–H groups in total. The largest absolute Gasteiger partial charge is 0.445 e. The summed E-state index contributed by atoms with van der Waals surface area (Å²) in [6.07, 6.45) is 2.66. The zero-order chi connectivity index (χ0) is 18.5. The van der Waals surface area contributed by atoms with Crippen LogP contribution in [0.1, 0.15) is 45.1 Å². The lowest BCUT2D eigenvalue weighted by Crippen LogP contribution is -2.41. The monoisotopic (exact) mass is 349 g/mol. The molecule has 0 heterocycles. The molecule has 1 rings (SSSR count). The van der Waals surface area contributed by atoms with Gasteiger partial charge in [0.1, 0.15) is 6.61 Å². The topological polar surface area (TPSA) is 93.5 Å². The first-order valence-electron chi connectivity index (χ1n) is 8.97. The van der Waals surface area contributed by atoms with Gasteiger partial charge in [-0.15, -0.1) is 0 Å². The summed E-state index contributed by atoms with van der Waals surface area (Å²) in [5.74, 6) is 0.458. The Morgan fingerprint density at radius 3 is 2.44 bits per heavy atom. The van der Waals surface area contributed by atoms with Crippen molar-refractivity contribution in [2.24, 2.45) is 11.7 Å². The number of hydrogen-bond acceptors (Lipinski definition) is 4. The summed E-state index contributed by atoms with van der Waals surface area (Å²) in [6, 6.07) is 9.04. The molecule has 0 bridgehead atoms. The maximum absolute atomic E-state index is 11.8. The minimum Gasteiger partial charge on any atom is -0.445 e. The van der Waals surface area contributed by atoms with Crippen LogP contribution in [0.4, 0.5) is 4.79 Å².